The third kappa shape index (κ3) is 2.45. The summed E-state index contributed by atoms with van der Waals surface area (Å²) in [6.07, 6.45) is 0.0541. The van der Waals surface area contributed by atoms with Crippen molar-refractivity contribution in [1.29, 1.82) is 0 Å². The first kappa shape index (κ1) is 11.2. The maximum absolute atomic E-state index is 9.03. The quantitative estimate of drug-likeness (QED) is 0.273. The van der Waals surface area contributed by atoms with Gasteiger partial charge in [-0.3, -0.25) is 20.9 Å². The van der Waals surface area contributed by atoms with Crippen molar-refractivity contribution in [1.82, 2.24) is 20.9 Å². The Labute approximate surface area is 89.2 Å². The highest BCUT2D eigenvalue weighted by Gasteiger charge is 2.39. The van der Waals surface area contributed by atoms with E-state index in [0.717, 1.165) is 13.2 Å². The van der Waals surface area contributed by atoms with E-state index >= 15 is 0 Å². The van der Waals surface area contributed by atoms with E-state index in [1.807, 2.05) is 0 Å². The maximum Gasteiger partial charge on any atom is 0.103 e. The first-order valence-corrected chi connectivity index (χ1v) is 5.32. The van der Waals surface area contributed by atoms with Crippen LogP contribution < -0.4 is 27.4 Å². The number of nitrogens with one attached hydrogen (secondary N) is 3. The second kappa shape index (κ2) is 4.71. The van der Waals surface area contributed by atoms with E-state index in [0.29, 0.717) is 13.1 Å². The van der Waals surface area contributed by atoms with Gasteiger partial charge >= 0.3 is 0 Å². The number of aliphatic hydroxyl groups is 1. The predicted octanol–water partition coefficient (Wildman–Crippen LogP) is -3.35. The van der Waals surface area contributed by atoms with Gasteiger partial charge in [0.2, 0.25) is 0 Å². The van der Waals surface area contributed by atoms with Gasteiger partial charge in [0.05, 0.1) is 18.4 Å². The van der Waals surface area contributed by atoms with Gasteiger partial charge in [-0.15, -0.1) is 0 Å². The minimum absolute atomic E-state index is 0.0240. The van der Waals surface area contributed by atoms with E-state index in [1.54, 1.807) is 0 Å². The standard InChI is InChI=1S/C8H20N6O/c9-5(15)1-2-14-4-13-6-7(10)11-3-12-8(6)14/h5-8,11-13,15H,1-4,9-10H2. The molecule has 7 heteroatoms. The molecule has 0 aromatic rings. The van der Waals surface area contributed by atoms with Crippen molar-refractivity contribution in [2.24, 2.45) is 11.5 Å². The highest BCUT2D eigenvalue weighted by atomic mass is 16.3. The highest BCUT2D eigenvalue weighted by molar-refractivity contribution is 4.96. The summed E-state index contributed by atoms with van der Waals surface area (Å²) in [5.74, 6) is 0. The summed E-state index contributed by atoms with van der Waals surface area (Å²) >= 11 is 0. The van der Waals surface area contributed by atoms with E-state index in [1.165, 1.54) is 0 Å². The molecule has 8 N–H and O–H groups in total. The van der Waals surface area contributed by atoms with Gasteiger partial charge in [-0.2, -0.15) is 0 Å². The van der Waals surface area contributed by atoms with Gasteiger partial charge in [0.1, 0.15) is 6.23 Å². The number of hydrogen-bond acceptors (Lipinski definition) is 7. The van der Waals surface area contributed by atoms with Crippen molar-refractivity contribution < 1.29 is 5.11 Å². The summed E-state index contributed by atoms with van der Waals surface area (Å²) in [7, 11) is 0. The average molecular weight is 216 g/mol. The molecule has 0 aromatic carbocycles. The van der Waals surface area contributed by atoms with Crippen LogP contribution in [0.15, 0.2) is 0 Å². The Balaban J connectivity index is 1.87. The fourth-order valence-corrected chi connectivity index (χ4v) is 2.16. The zero-order chi connectivity index (χ0) is 10.8. The molecule has 2 saturated heterocycles. The second-order valence-electron chi connectivity index (χ2n) is 4.11. The molecular formula is C8H20N6O. The molecule has 2 heterocycles. The van der Waals surface area contributed by atoms with Crippen LogP contribution in [0.4, 0.5) is 0 Å². The minimum atomic E-state index is -0.737. The molecule has 2 fully saturated rings. The van der Waals surface area contributed by atoms with Crippen LogP contribution in [0.5, 0.6) is 0 Å². The van der Waals surface area contributed by atoms with Crippen molar-refractivity contribution >= 4 is 0 Å². The molecule has 7 nitrogen and oxygen atoms in total. The topological polar surface area (TPSA) is 112 Å². The van der Waals surface area contributed by atoms with Crippen LogP contribution >= 0.6 is 0 Å². The number of hydrogen-bond donors (Lipinski definition) is 6. The molecule has 2 aliphatic rings. The first-order valence-electron chi connectivity index (χ1n) is 5.32. The Morgan fingerprint density at radius 3 is 2.93 bits per heavy atom. The smallest absolute Gasteiger partial charge is 0.103 e. The third-order valence-electron chi connectivity index (χ3n) is 3.01. The fraction of sp³-hybridized carbons (Fsp3) is 1.00. The lowest BCUT2D eigenvalue weighted by atomic mass is 10.1. The number of nitrogens with two attached hydrogens (primary N) is 2. The summed E-state index contributed by atoms with van der Waals surface area (Å²) in [4.78, 5) is 2.21. The van der Waals surface area contributed by atoms with Gasteiger partial charge in [0.15, 0.2) is 0 Å². The maximum atomic E-state index is 9.03. The third-order valence-corrected chi connectivity index (χ3v) is 3.01. The molecule has 0 amide bonds. The lowest BCUT2D eigenvalue weighted by Gasteiger charge is -2.36. The zero-order valence-corrected chi connectivity index (χ0v) is 8.69. The number of rotatable bonds is 3. The van der Waals surface area contributed by atoms with Crippen LogP contribution in [-0.4, -0.2) is 54.5 Å². The van der Waals surface area contributed by atoms with Gasteiger partial charge in [-0.25, -0.2) is 0 Å². The van der Waals surface area contributed by atoms with Gasteiger partial charge in [0.25, 0.3) is 0 Å². The lowest BCUT2D eigenvalue weighted by molar-refractivity contribution is 0.119. The van der Waals surface area contributed by atoms with E-state index in [4.69, 9.17) is 16.6 Å². The monoisotopic (exact) mass is 216 g/mol. The molecule has 4 atom stereocenters. The minimum Gasteiger partial charge on any atom is -0.379 e. The Morgan fingerprint density at radius 1 is 1.40 bits per heavy atom. The molecule has 0 aliphatic carbocycles. The van der Waals surface area contributed by atoms with Gasteiger partial charge in [0, 0.05) is 19.9 Å². The number of aliphatic hydroxyl groups excluding tert-OH is 1. The van der Waals surface area contributed by atoms with Crippen molar-refractivity contribution in [2.75, 3.05) is 19.9 Å². The van der Waals surface area contributed by atoms with Crippen molar-refractivity contribution in [3.63, 3.8) is 0 Å². The normalized spacial score (nSPS) is 39.0. The highest BCUT2D eigenvalue weighted by Crippen LogP contribution is 2.13. The van der Waals surface area contributed by atoms with Gasteiger partial charge in [-0.1, -0.05) is 0 Å². The molecule has 0 bridgehead atoms. The van der Waals surface area contributed by atoms with E-state index in [2.05, 4.69) is 20.9 Å². The molecule has 0 aromatic heterocycles. The molecule has 0 saturated carbocycles. The second-order valence-corrected chi connectivity index (χ2v) is 4.11. The first-order chi connectivity index (χ1) is 7.18. The molecule has 88 valence electrons. The van der Waals surface area contributed by atoms with Crippen LogP contribution in [-0.2, 0) is 0 Å². The molecule has 2 aliphatic heterocycles. The largest absolute Gasteiger partial charge is 0.379 e. The van der Waals surface area contributed by atoms with Crippen LogP contribution in [0, 0.1) is 0 Å². The molecule has 4 unspecified atom stereocenters. The molecule has 2 rings (SSSR count). The van der Waals surface area contributed by atoms with Gasteiger partial charge in [-0.05, 0) is 6.42 Å². The average Bonchev–Trinajstić information content (AvgIpc) is 2.59. The van der Waals surface area contributed by atoms with Crippen LogP contribution in [0.1, 0.15) is 6.42 Å². The van der Waals surface area contributed by atoms with Crippen LogP contribution in [0.3, 0.4) is 0 Å². The van der Waals surface area contributed by atoms with Crippen molar-refractivity contribution in [3.05, 3.63) is 0 Å². The van der Waals surface area contributed by atoms with E-state index in [-0.39, 0.29) is 18.4 Å². The summed E-state index contributed by atoms with van der Waals surface area (Å²) in [6.45, 7) is 2.27. The lowest BCUT2D eigenvalue weighted by Crippen LogP contribution is -2.67. The Kier molecular flexibility index (Phi) is 3.52. The van der Waals surface area contributed by atoms with E-state index in [9.17, 15) is 0 Å². The van der Waals surface area contributed by atoms with Crippen molar-refractivity contribution in [3.8, 4) is 0 Å². The molecule has 0 spiro atoms. The fourth-order valence-electron chi connectivity index (χ4n) is 2.16. The predicted molar refractivity (Wildman–Crippen MR) is 56.2 cm³/mol. The number of fused-ring (bicyclic) bond motifs is 1. The molecular weight excluding hydrogens is 196 g/mol. The van der Waals surface area contributed by atoms with Crippen LogP contribution in [0.2, 0.25) is 0 Å². The Hall–Kier alpha value is -0.280. The molecule has 15 heavy (non-hydrogen) atoms. The summed E-state index contributed by atoms with van der Waals surface area (Å²) in [6, 6.07) is 0.216. The van der Waals surface area contributed by atoms with Crippen molar-refractivity contribution in [2.45, 2.75) is 31.0 Å². The van der Waals surface area contributed by atoms with Gasteiger partial charge < -0.3 is 16.6 Å². The summed E-state index contributed by atoms with van der Waals surface area (Å²) in [5, 5.41) is 18.8. The SMILES string of the molecule is NC(O)CCN1CNC2C(N)NCNC21. The van der Waals surface area contributed by atoms with E-state index < -0.39 is 6.23 Å². The zero-order valence-electron chi connectivity index (χ0n) is 8.69. The molecule has 0 radical (unpaired) electrons. The van der Waals surface area contributed by atoms with Crippen LogP contribution in [0.25, 0.3) is 0 Å². The summed E-state index contributed by atoms with van der Waals surface area (Å²) < 4.78 is 0. The Morgan fingerprint density at radius 2 is 2.20 bits per heavy atom. The number of nitrogens with zero attached hydrogens (tertiary/aromatic N) is 1. The Bertz CT molecular complexity index is 213. The summed E-state index contributed by atoms with van der Waals surface area (Å²) in [5.41, 5.74) is 11.2.